The second-order valence-electron chi connectivity index (χ2n) is 6.29. The lowest BCUT2D eigenvalue weighted by Gasteiger charge is -2.17. The van der Waals surface area contributed by atoms with E-state index in [1.165, 1.54) is 52.4 Å². The first-order valence-electron chi connectivity index (χ1n) is 8.07. The maximum absolute atomic E-state index is 12.5. The summed E-state index contributed by atoms with van der Waals surface area (Å²) in [7, 11) is -0.267. The number of anilines is 1. The van der Waals surface area contributed by atoms with Crippen LogP contribution < -0.4 is 10.2 Å². The smallest absolute Gasteiger partial charge is 0.243 e. The number of amides is 1. The van der Waals surface area contributed by atoms with Crippen molar-refractivity contribution in [3.63, 3.8) is 0 Å². The molecule has 2 aromatic rings. The van der Waals surface area contributed by atoms with Gasteiger partial charge < -0.3 is 10.2 Å². The number of rotatable bonds is 5. The Bertz CT molecular complexity index is 912. The number of hydrogen-bond donors (Lipinski definition) is 2. The Labute approximate surface area is 161 Å². The lowest BCUT2D eigenvalue weighted by atomic mass is 10.2. The van der Waals surface area contributed by atoms with Crippen LogP contribution in [0, 0.1) is 0 Å². The minimum absolute atomic E-state index is 0.0907. The van der Waals surface area contributed by atoms with Crippen LogP contribution in [-0.2, 0) is 27.8 Å². The van der Waals surface area contributed by atoms with E-state index in [4.69, 9.17) is 11.6 Å². The summed E-state index contributed by atoms with van der Waals surface area (Å²) in [5, 5.41) is 3.68. The van der Waals surface area contributed by atoms with Crippen LogP contribution in [0.2, 0.25) is 5.02 Å². The Morgan fingerprint density at radius 2 is 2.08 bits per heavy atom. The Morgan fingerprint density at radius 3 is 2.77 bits per heavy atom. The van der Waals surface area contributed by atoms with Gasteiger partial charge in [0.2, 0.25) is 15.9 Å². The van der Waals surface area contributed by atoms with Gasteiger partial charge in [-0.1, -0.05) is 22.9 Å². The fourth-order valence-corrected chi connectivity index (χ4v) is 5.09. The summed E-state index contributed by atoms with van der Waals surface area (Å²) >= 11 is 7.24. The summed E-state index contributed by atoms with van der Waals surface area (Å²) < 4.78 is 26.0. The molecule has 0 spiro atoms. The molecule has 7 nitrogen and oxygen atoms in total. The number of benzene rings is 1. The second-order valence-corrected chi connectivity index (χ2v) is 9.85. The zero-order chi connectivity index (χ0) is 18.9. The van der Waals surface area contributed by atoms with Crippen LogP contribution in [0.25, 0.3) is 0 Å². The summed E-state index contributed by atoms with van der Waals surface area (Å²) in [5.74, 6) is -0.420. The summed E-state index contributed by atoms with van der Waals surface area (Å²) in [4.78, 5) is 19.4. The van der Waals surface area contributed by atoms with Crippen LogP contribution in [0.4, 0.5) is 5.13 Å². The molecule has 1 aromatic heterocycles. The van der Waals surface area contributed by atoms with Crippen molar-refractivity contribution >= 4 is 44.0 Å². The first-order valence-corrected chi connectivity index (χ1v) is 10.7. The molecule has 1 aliphatic rings. The highest BCUT2D eigenvalue weighted by atomic mass is 35.5. The third kappa shape index (κ3) is 4.24. The fourth-order valence-electron chi connectivity index (χ4n) is 2.70. The average molecular weight is 416 g/mol. The molecule has 140 valence electrons. The van der Waals surface area contributed by atoms with Gasteiger partial charge >= 0.3 is 0 Å². The number of aromatic nitrogens is 1. The number of thiazole rings is 1. The van der Waals surface area contributed by atoms with Crippen LogP contribution >= 0.6 is 22.9 Å². The van der Waals surface area contributed by atoms with E-state index >= 15 is 0 Å². The number of carbonyl (C=O) groups excluding carboxylic acids is 1. The molecule has 0 radical (unpaired) electrons. The highest BCUT2D eigenvalue weighted by molar-refractivity contribution is 7.89. The molecular formula is C16H20ClN4O3S2+. The third-order valence-electron chi connectivity index (χ3n) is 4.16. The van der Waals surface area contributed by atoms with Crippen molar-refractivity contribution in [2.24, 2.45) is 0 Å². The largest absolute Gasteiger partial charge is 0.333 e. The van der Waals surface area contributed by atoms with Gasteiger partial charge in [-0.15, -0.1) is 0 Å². The Kier molecular flexibility index (Phi) is 5.64. The Balaban J connectivity index is 1.65. The van der Waals surface area contributed by atoms with E-state index in [0.29, 0.717) is 10.2 Å². The van der Waals surface area contributed by atoms with Crippen molar-refractivity contribution in [3.8, 4) is 0 Å². The minimum atomic E-state index is -3.76. The van der Waals surface area contributed by atoms with Crippen molar-refractivity contribution in [2.45, 2.75) is 17.9 Å². The number of nitrogens with one attached hydrogen (secondary N) is 2. The molecule has 0 bridgehead atoms. The van der Waals surface area contributed by atoms with E-state index in [1.807, 2.05) is 0 Å². The van der Waals surface area contributed by atoms with E-state index in [0.717, 1.165) is 29.5 Å². The number of hydrogen-bond acceptors (Lipinski definition) is 5. The SMILES string of the molecule is CN(CC(=O)Nc1nc2c(s1)C[NH+](C)CC2)S(=O)(=O)c1ccc(Cl)cc1. The lowest BCUT2D eigenvalue weighted by Crippen LogP contribution is -3.08. The van der Waals surface area contributed by atoms with Crippen LogP contribution in [0.3, 0.4) is 0 Å². The molecule has 1 atom stereocenters. The lowest BCUT2D eigenvalue weighted by molar-refractivity contribution is -0.895. The third-order valence-corrected chi connectivity index (χ3v) is 7.25. The summed E-state index contributed by atoms with van der Waals surface area (Å²) in [5.41, 5.74) is 1.03. The van der Waals surface area contributed by atoms with Gasteiger partial charge in [-0.05, 0) is 24.3 Å². The first-order chi connectivity index (χ1) is 12.3. The van der Waals surface area contributed by atoms with Crippen LogP contribution in [0.1, 0.15) is 10.6 Å². The van der Waals surface area contributed by atoms with E-state index in [-0.39, 0.29) is 11.4 Å². The molecule has 1 aromatic carbocycles. The van der Waals surface area contributed by atoms with Crippen molar-refractivity contribution in [1.29, 1.82) is 0 Å². The summed E-state index contributed by atoms with van der Waals surface area (Å²) in [6.45, 7) is 1.63. The van der Waals surface area contributed by atoms with Gasteiger partial charge in [0.25, 0.3) is 0 Å². The molecule has 0 fully saturated rings. The molecule has 3 rings (SSSR count). The number of sulfonamides is 1. The molecule has 10 heteroatoms. The van der Waals surface area contributed by atoms with Crippen LogP contribution in [-0.4, -0.2) is 50.8 Å². The van der Waals surface area contributed by atoms with Gasteiger partial charge in [0.1, 0.15) is 6.54 Å². The first kappa shape index (κ1) is 19.2. The van der Waals surface area contributed by atoms with E-state index < -0.39 is 15.9 Å². The maximum atomic E-state index is 12.5. The summed E-state index contributed by atoms with van der Waals surface area (Å²) in [6, 6.07) is 5.84. The van der Waals surface area contributed by atoms with Crippen LogP contribution in [0.15, 0.2) is 29.2 Å². The zero-order valence-electron chi connectivity index (χ0n) is 14.5. The van der Waals surface area contributed by atoms with Gasteiger partial charge in [-0.2, -0.15) is 4.31 Å². The van der Waals surface area contributed by atoms with Crippen molar-refractivity contribution in [2.75, 3.05) is 32.5 Å². The molecule has 1 unspecified atom stereocenters. The van der Waals surface area contributed by atoms with Crippen LogP contribution in [0.5, 0.6) is 0 Å². The van der Waals surface area contributed by atoms with E-state index in [9.17, 15) is 13.2 Å². The molecule has 0 saturated carbocycles. The number of fused-ring (bicyclic) bond motifs is 1. The standard InChI is InChI=1S/C16H19ClN4O3S2/c1-20-8-7-13-14(9-20)25-16(18-13)19-15(22)10-21(2)26(23,24)12-5-3-11(17)4-6-12/h3-6H,7-10H2,1-2H3,(H,18,19,22)/p+1. The van der Waals surface area contributed by atoms with Gasteiger partial charge in [0.15, 0.2) is 5.13 Å². The van der Waals surface area contributed by atoms with Gasteiger partial charge in [0, 0.05) is 18.5 Å². The minimum Gasteiger partial charge on any atom is -0.333 e. The predicted molar refractivity (Wildman–Crippen MR) is 101 cm³/mol. The molecule has 0 saturated heterocycles. The highest BCUT2D eigenvalue weighted by Crippen LogP contribution is 2.24. The molecule has 26 heavy (non-hydrogen) atoms. The normalized spacial score (nSPS) is 17.2. The number of halogens is 1. The molecule has 1 amide bonds. The molecule has 1 aliphatic heterocycles. The van der Waals surface area contributed by atoms with E-state index in [1.54, 1.807) is 0 Å². The predicted octanol–water partition coefficient (Wildman–Crippen LogP) is 0.627. The van der Waals surface area contributed by atoms with Crippen molar-refractivity contribution in [3.05, 3.63) is 39.9 Å². The van der Waals surface area contributed by atoms with Gasteiger partial charge in [-0.3, -0.25) is 4.79 Å². The maximum Gasteiger partial charge on any atom is 0.243 e. The number of nitrogens with zero attached hydrogens (tertiary/aromatic N) is 2. The zero-order valence-corrected chi connectivity index (χ0v) is 16.8. The molecule has 2 N–H and O–H groups in total. The van der Waals surface area contributed by atoms with E-state index in [2.05, 4.69) is 17.3 Å². The van der Waals surface area contributed by atoms with Gasteiger partial charge in [0.05, 0.1) is 35.6 Å². The number of quaternary nitrogens is 1. The Morgan fingerprint density at radius 1 is 1.38 bits per heavy atom. The quantitative estimate of drug-likeness (QED) is 0.750. The fraction of sp³-hybridized carbons (Fsp3) is 0.375. The molecular weight excluding hydrogens is 396 g/mol. The monoisotopic (exact) mass is 415 g/mol. The van der Waals surface area contributed by atoms with Crippen molar-refractivity contribution < 1.29 is 18.1 Å². The summed E-state index contributed by atoms with van der Waals surface area (Å²) in [6.07, 6.45) is 0.887. The van der Waals surface area contributed by atoms with Crippen molar-refractivity contribution in [1.82, 2.24) is 9.29 Å². The molecule has 0 aliphatic carbocycles. The number of likely N-dealkylation sites (N-methyl/N-ethyl adjacent to an activating group) is 2. The number of carbonyl (C=O) groups is 1. The highest BCUT2D eigenvalue weighted by Gasteiger charge is 2.25. The Hall–Kier alpha value is -1.52. The molecule has 2 heterocycles. The average Bonchev–Trinajstić information content (AvgIpc) is 2.96. The van der Waals surface area contributed by atoms with Gasteiger partial charge in [-0.25, -0.2) is 13.4 Å². The topological polar surface area (TPSA) is 83.8 Å². The second kappa shape index (κ2) is 7.61.